The molecule has 29 heavy (non-hydrogen) atoms. The number of nitrogens with one attached hydrogen (secondary N) is 1. The van der Waals surface area contributed by atoms with Crippen molar-refractivity contribution in [3.05, 3.63) is 64.4 Å². The van der Waals surface area contributed by atoms with Crippen molar-refractivity contribution < 1.29 is 9.53 Å². The number of hydrogen-bond acceptors (Lipinski definition) is 4. The lowest BCUT2D eigenvalue weighted by Crippen LogP contribution is -2.31. The highest BCUT2D eigenvalue weighted by atomic mass is 16.5. The Kier molecular flexibility index (Phi) is 5.71. The number of benzene rings is 2. The Morgan fingerprint density at radius 3 is 2.72 bits per heavy atom. The van der Waals surface area contributed by atoms with E-state index in [2.05, 4.69) is 10.3 Å². The number of hydrogen-bond donors (Lipinski definition) is 1. The Labute approximate surface area is 169 Å². The van der Waals surface area contributed by atoms with Crippen molar-refractivity contribution in [2.45, 2.75) is 38.8 Å². The number of aryl methyl sites for hydroxylation is 1. The van der Waals surface area contributed by atoms with Crippen LogP contribution in [0.25, 0.3) is 22.3 Å². The van der Waals surface area contributed by atoms with Crippen LogP contribution < -0.4 is 10.9 Å². The van der Waals surface area contributed by atoms with Crippen molar-refractivity contribution in [3.8, 4) is 11.3 Å². The molecule has 1 unspecified atom stereocenters. The van der Waals surface area contributed by atoms with Gasteiger partial charge in [0.1, 0.15) is 5.69 Å². The molecule has 6 heteroatoms. The monoisotopic (exact) mass is 391 g/mol. The fraction of sp³-hybridized carbons (Fsp3) is 0.348. The smallest absolute Gasteiger partial charge is 0.277 e. The number of ether oxygens (including phenoxy) is 1. The molecule has 1 N–H and O–H groups in total. The van der Waals surface area contributed by atoms with E-state index in [0.29, 0.717) is 29.9 Å². The Balaban J connectivity index is 1.60. The molecule has 0 bridgehead atoms. The first-order valence-electron chi connectivity index (χ1n) is 10.2. The van der Waals surface area contributed by atoms with E-state index in [-0.39, 0.29) is 17.6 Å². The van der Waals surface area contributed by atoms with Crippen LogP contribution in [-0.4, -0.2) is 34.7 Å². The predicted molar refractivity (Wildman–Crippen MR) is 113 cm³/mol. The van der Waals surface area contributed by atoms with E-state index in [9.17, 15) is 9.59 Å². The maximum Gasteiger partial charge on any atom is 0.277 e. The molecule has 1 saturated heterocycles. The van der Waals surface area contributed by atoms with Gasteiger partial charge in [-0.1, -0.05) is 31.2 Å². The molecule has 4 rings (SSSR count). The highest BCUT2D eigenvalue weighted by molar-refractivity contribution is 5.94. The van der Waals surface area contributed by atoms with Crippen LogP contribution in [0.5, 0.6) is 0 Å². The van der Waals surface area contributed by atoms with Crippen LogP contribution in [0, 0.1) is 0 Å². The van der Waals surface area contributed by atoms with Crippen LogP contribution in [0.4, 0.5) is 0 Å². The summed E-state index contributed by atoms with van der Waals surface area (Å²) in [5.74, 6) is -0.137. The molecule has 1 amide bonds. The van der Waals surface area contributed by atoms with Crippen molar-refractivity contribution in [1.29, 1.82) is 0 Å². The molecular weight excluding hydrogens is 366 g/mol. The number of amides is 1. The molecule has 6 nitrogen and oxygen atoms in total. The van der Waals surface area contributed by atoms with E-state index in [1.54, 1.807) is 28.8 Å². The van der Waals surface area contributed by atoms with Crippen LogP contribution in [0.3, 0.4) is 0 Å². The Bertz CT molecular complexity index is 1070. The number of nitrogens with zero attached hydrogens (tertiary/aromatic N) is 2. The van der Waals surface area contributed by atoms with Gasteiger partial charge in [0.05, 0.1) is 17.1 Å². The Morgan fingerprint density at radius 1 is 1.21 bits per heavy atom. The van der Waals surface area contributed by atoms with Gasteiger partial charge in [-0.15, -0.1) is 0 Å². The van der Waals surface area contributed by atoms with Gasteiger partial charge in [0.25, 0.3) is 11.5 Å². The van der Waals surface area contributed by atoms with Crippen LogP contribution in [0.1, 0.15) is 36.5 Å². The quantitative estimate of drug-likeness (QED) is 0.699. The normalized spacial score (nSPS) is 16.2. The lowest BCUT2D eigenvalue weighted by Gasteiger charge is -2.12. The standard InChI is InChI=1S/C23H25N3O3/c1-2-13-26-20-8-4-3-7-19(20)25-21(23(26)28)16-9-11-17(12-10-16)22(27)24-15-18-6-5-14-29-18/h3-4,7-12,18H,2,5-6,13-15H2,1H3,(H,24,27). The van der Waals surface area contributed by atoms with Crippen molar-refractivity contribution >= 4 is 16.9 Å². The number of para-hydroxylation sites is 2. The zero-order valence-corrected chi connectivity index (χ0v) is 16.6. The third-order valence-corrected chi connectivity index (χ3v) is 5.23. The lowest BCUT2D eigenvalue weighted by atomic mass is 10.1. The molecular formula is C23H25N3O3. The van der Waals surface area contributed by atoms with Crippen molar-refractivity contribution in [2.75, 3.05) is 13.2 Å². The summed E-state index contributed by atoms with van der Waals surface area (Å²) in [6.07, 6.45) is 2.99. The van der Waals surface area contributed by atoms with Gasteiger partial charge in [-0.05, 0) is 43.5 Å². The van der Waals surface area contributed by atoms with Crippen LogP contribution in [0.15, 0.2) is 53.3 Å². The molecule has 2 heterocycles. The van der Waals surface area contributed by atoms with Crippen molar-refractivity contribution in [2.24, 2.45) is 0 Å². The third kappa shape index (κ3) is 4.07. The van der Waals surface area contributed by atoms with E-state index < -0.39 is 0 Å². The van der Waals surface area contributed by atoms with Gasteiger partial charge < -0.3 is 14.6 Å². The van der Waals surface area contributed by atoms with Crippen LogP contribution in [0.2, 0.25) is 0 Å². The topological polar surface area (TPSA) is 73.2 Å². The first kappa shape index (κ1) is 19.3. The van der Waals surface area contributed by atoms with Crippen molar-refractivity contribution in [3.63, 3.8) is 0 Å². The zero-order chi connectivity index (χ0) is 20.2. The molecule has 2 aromatic carbocycles. The second-order valence-corrected chi connectivity index (χ2v) is 7.33. The summed E-state index contributed by atoms with van der Waals surface area (Å²) in [5.41, 5.74) is 3.19. The third-order valence-electron chi connectivity index (χ3n) is 5.23. The Hall–Kier alpha value is -2.99. The summed E-state index contributed by atoms with van der Waals surface area (Å²) >= 11 is 0. The van der Waals surface area contributed by atoms with Gasteiger partial charge in [0.15, 0.2) is 0 Å². The molecule has 1 aromatic heterocycles. The SMILES string of the molecule is CCCn1c(=O)c(-c2ccc(C(=O)NCC3CCCO3)cc2)nc2ccccc21. The van der Waals surface area contributed by atoms with Gasteiger partial charge in [-0.3, -0.25) is 9.59 Å². The molecule has 150 valence electrons. The summed E-state index contributed by atoms with van der Waals surface area (Å²) in [6, 6.07) is 14.7. The van der Waals surface area contributed by atoms with Crippen LogP contribution in [-0.2, 0) is 11.3 Å². The minimum absolute atomic E-state index is 0.108. The van der Waals surface area contributed by atoms with Crippen molar-refractivity contribution in [1.82, 2.24) is 14.9 Å². The second-order valence-electron chi connectivity index (χ2n) is 7.33. The van der Waals surface area contributed by atoms with Crippen LogP contribution >= 0.6 is 0 Å². The minimum Gasteiger partial charge on any atom is -0.376 e. The van der Waals surface area contributed by atoms with Gasteiger partial charge in [-0.25, -0.2) is 4.98 Å². The molecule has 1 fully saturated rings. The maximum atomic E-state index is 13.0. The highest BCUT2D eigenvalue weighted by Crippen LogP contribution is 2.19. The highest BCUT2D eigenvalue weighted by Gasteiger charge is 2.17. The summed E-state index contributed by atoms with van der Waals surface area (Å²) in [4.78, 5) is 30.0. The summed E-state index contributed by atoms with van der Waals surface area (Å²) in [7, 11) is 0. The maximum absolute atomic E-state index is 13.0. The number of aromatic nitrogens is 2. The lowest BCUT2D eigenvalue weighted by molar-refractivity contribution is 0.0858. The summed E-state index contributed by atoms with van der Waals surface area (Å²) in [5, 5.41) is 2.92. The van der Waals surface area contributed by atoms with E-state index in [1.807, 2.05) is 31.2 Å². The minimum atomic E-state index is -0.137. The summed E-state index contributed by atoms with van der Waals surface area (Å²) in [6.45, 7) is 3.97. The Morgan fingerprint density at radius 2 is 2.00 bits per heavy atom. The van der Waals surface area contributed by atoms with Gasteiger partial charge in [-0.2, -0.15) is 0 Å². The van der Waals surface area contributed by atoms with E-state index in [0.717, 1.165) is 36.9 Å². The van der Waals surface area contributed by atoms with Gasteiger partial charge in [0, 0.05) is 30.8 Å². The number of fused-ring (bicyclic) bond motifs is 1. The second kappa shape index (κ2) is 8.57. The van der Waals surface area contributed by atoms with E-state index in [4.69, 9.17) is 4.74 Å². The van der Waals surface area contributed by atoms with Gasteiger partial charge >= 0.3 is 0 Å². The molecule has 0 radical (unpaired) electrons. The zero-order valence-electron chi connectivity index (χ0n) is 16.6. The molecule has 1 atom stereocenters. The van der Waals surface area contributed by atoms with E-state index in [1.165, 1.54) is 0 Å². The molecule has 1 aliphatic heterocycles. The summed E-state index contributed by atoms with van der Waals surface area (Å²) < 4.78 is 7.31. The predicted octanol–water partition coefficient (Wildman–Crippen LogP) is 3.38. The molecule has 1 aliphatic rings. The molecule has 0 aliphatic carbocycles. The molecule has 3 aromatic rings. The van der Waals surface area contributed by atoms with E-state index >= 15 is 0 Å². The number of carbonyl (C=O) groups is 1. The molecule has 0 saturated carbocycles. The number of rotatable bonds is 6. The fourth-order valence-corrected chi connectivity index (χ4v) is 3.72. The first-order chi connectivity index (χ1) is 14.2. The van der Waals surface area contributed by atoms with Gasteiger partial charge in [0.2, 0.25) is 0 Å². The largest absolute Gasteiger partial charge is 0.376 e. The molecule has 0 spiro atoms. The number of carbonyl (C=O) groups excluding carboxylic acids is 1. The first-order valence-corrected chi connectivity index (χ1v) is 10.2. The average molecular weight is 391 g/mol. The average Bonchev–Trinajstić information content (AvgIpc) is 3.28. The fourth-order valence-electron chi connectivity index (χ4n) is 3.72.